The van der Waals surface area contributed by atoms with E-state index in [2.05, 4.69) is 10.2 Å². The van der Waals surface area contributed by atoms with Gasteiger partial charge in [-0.3, -0.25) is 9.11 Å². The first-order valence-corrected chi connectivity index (χ1v) is 25.2. The van der Waals surface area contributed by atoms with Gasteiger partial charge in [0.25, 0.3) is 20.2 Å². The van der Waals surface area contributed by atoms with Crippen molar-refractivity contribution in [2.45, 2.75) is 21.6 Å². The SMILES string of the molecule is Cc1cc(-n2n3c4ccc5cc(S(=O)(=O)O)ccc5c4n23)c(S(=O)O)cc1N=Nc1ccc(C=Cc2ccc(-n3n4c5ccc6ccccc6c5n34)cc2S(=O)(=O)O)cc1.O=S(=O)=O.O=S(=O)=O. The molecule has 11 rings (SSSR count). The van der Waals surface area contributed by atoms with E-state index in [9.17, 15) is 34.7 Å². The third kappa shape index (κ3) is 8.38. The van der Waals surface area contributed by atoms with Crippen LogP contribution in [0.1, 0.15) is 16.7 Å². The van der Waals surface area contributed by atoms with E-state index in [1.165, 1.54) is 24.3 Å². The Morgan fingerprint density at radius 1 is 0.574 bits per heavy atom. The molecular formula is C41H28N8O14S5. The minimum atomic E-state index is -4.58. The largest absolute Gasteiger partial charge is 0.425 e. The summed E-state index contributed by atoms with van der Waals surface area (Å²) in [4.78, 5) is 3.22. The molecule has 22 nitrogen and oxygen atoms in total. The van der Waals surface area contributed by atoms with E-state index in [0.717, 1.165) is 43.8 Å². The van der Waals surface area contributed by atoms with Gasteiger partial charge in [-0.05, 0) is 95.1 Å². The summed E-state index contributed by atoms with van der Waals surface area (Å²) in [5, 5.41) is 12.2. The molecule has 0 aliphatic heterocycles. The van der Waals surface area contributed by atoms with Gasteiger partial charge in [0.2, 0.25) is 0 Å². The summed E-state index contributed by atoms with van der Waals surface area (Å²) in [6, 6.07) is 35.1. The number of aromatic nitrogens is 6. The Bertz CT molecular complexity index is 4350. The summed E-state index contributed by atoms with van der Waals surface area (Å²) in [6.07, 6.45) is 3.33. The normalized spacial score (nSPS) is 12.9. The monoisotopic (exact) mass is 1020 g/mol. The second kappa shape index (κ2) is 16.9. The zero-order valence-electron chi connectivity index (χ0n) is 34.2. The van der Waals surface area contributed by atoms with Gasteiger partial charge in [0.05, 0.1) is 26.9 Å². The summed E-state index contributed by atoms with van der Waals surface area (Å²) in [7, 11) is -15.2. The van der Waals surface area contributed by atoms with E-state index in [0.29, 0.717) is 39.3 Å². The van der Waals surface area contributed by atoms with E-state index in [4.69, 9.17) is 25.3 Å². The zero-order valence-corrected chi connectivity index (χ0v) is 38.2. The van der Waals surface area contributed by atoms with E-state index in [1.807, 2.05) is 50.5 Å². The first-order valence-electron chi connectivity index (χ1n) is 19.2. The molecule has 0 saturated heterocycles. The predicted octanol–water partition coefficient (Wildman–Crippen LogP) is 6.42. The van der Waals surface area contributed by atoms with Crippen LogP contribution in [0.3, 0.4) is 0 Å². The van der Waals surface area contributed by atoms with Crippen molar-refractivity contribution in [1.29, 1.82) is 0 Å². The fourth-order valence-electron chi connectivity index (χ4n) is 7.83. The maximum Gasteiger partial charge on any atom is 0.425 e. The van der Waals surface area contributed by atoms with Gasteiger partial charge in [0.15, 0.2) is 11.1 Å². The van der Waals surface area contributed by atoms with E-state index >= 15 is 0 Å². The van der Waals surface area contributed by atoms with Crippen LogP contribution in [-0.4, -0.2) is 88.1 Å². The van der Waals surface area contributed by atoms with Gasteiger partial charge >= 0.3 is 21.2 Å². The summed E-state index contributed by atoms with van der Waals surface area (Å²) < 4.78 is 149. The highest BCUT2D eigenvalue weighted by atomic mass is 32.2. The highest BCUT2D eigenvalue weighted by Gasteiger charge is 2.30. The highest BCUT2D eigenvalue weighted by Crippen LogP contribution is 2.38. The molecule has 11 aromatic rings. The maximum absolute atomic E-state index is 12.6. The standard InChI is InChI=1S/C41H28N8O8S3.2O3S/c1-24-20-37(47-46-36-19-12-28-21-31(59(52,53)54)16-17-33(28)41(36)49(46)47)38(58(50)51)23-34(24)43-42-29-13-7-25(8-14-29)6-9-27-10-15-30(22-39(27)60(55,56)57)44-45-35-18-11-26-4-2-3-5-32(26)40(35)48(44)45;2*1-4(2)3/h2-23H,1H3,(H,50,51)(H,52,53,54)(H,55,56,57);;. The summed E-state index contributed by atoms with van der Waals surface area (Å²) >= 11 is -2.40. The van der Waals surface area contributed by atoms with Crippen LogP contribution in [0, 0.1) is 6.92 Å². The van der Waals surface area contributed by atoms with Crippen molar-refractivity contribution in [1.82, 2.24) is 28.1 Å². The molecule has 27 heteroatoms. The van der Waals surface area contributed by atoms with Crippen molar-refractivity contribution < 1.29 is 60.0 Å². The number of hydrogen-bond donors (Lipinski definition) is 3. The fourth-order valence-corrected chi connectivity index (χ4v) is 9.58. The lowest BCUT2D eigenvalue weighted by atomic mass is 10.1. The number of benzene rings is 7. The molecule has 4 aromatic heterocycles. The van der Waals surface area contributed by atoms with Gasteiger partial charge in [0.1, 0.15) is 32.6 Å². The molecular weight excluding hydrogens is 989 g/mol. The molecule has 4 heterocycles. The molecule has 0 aliphatic carbocycles. The van der Waals surface area contributed by atoms with Gasteiger partial charge in [-0.15, -0.1) is 48.6 Å². The van der Waals surface area contributed by atoms with Crippen LogP contribution in [0.5, 0.6) is 0 Å². The number of fused-ring (bicyclic) bond motifs is 12. The second-order valence-corrected chi connectivity index (χ2v) is 19.3. The van der Waals surface area contributed by atoms with Crippen molar-refractivity contribution >= 4 is 120 Å². The third-order valence-corrected chi connectivity index (χ3v) is 13.2. The van der Waals surface area contributed by atoms with Gasteiger partial charge in [-0.25, -0.2) is 4.21 Å². The van der Waals surface area contributed by atoms with Crippen LogP contribution >= 0.6 is 0 Å². The average molecular weight is 1020 g/mol. The van der Waals surface area contributed by atoms with Gasteiger partial charge in [-0.1, -0.05) is 72.8 Å². The van der Waals surface area contributed by atoms with E-state index in [1.54, 1.807) is 93.8 Å². The number of rotatable bonds is 9. The summed E-state index contributed by atoms with van der Waals surface area (Å²) in [5.41, 5.74) is 7.21. The van der Waals surface area contributed by atoms with Gasteiger partial charge in [0, 0.05) is 10.8 Å². The molecule has 1 atom stereocenters. The first-order chi connectivity index (χ1) is 32.2. The smallest absolute Gasteiger partial charge is 0.302 e. The Morgan fingerprint density at radius 2 is 1.18 bits per heavy atom. The van der Waals surface area contributed by atoms with Crippen LogP contribution < -0.4 is 0 Å². The molecule has 0 aliphatic rings. The molecule has 346 valence electrons. The van der Waals surface area contributed by atoms with Crippen molar-refractivity contribution in [2.24, 2.45) is 10.2 Å². The minimum Gasteiger partial charge on any atom is -0.302 e. The lowest BCUT2D eigenvalue weighted by Crippen LogP contribution is -2.02. The maximum atomic E-state index is 12.6. The molecule has 0 spiro atoms. The molecule has 0 amide bonds. The predicted molar refractivity (Wildman–Crippen MR) is 245 cm³/mol. The molecule has 1 unspecified atom stereocenters. The van der Waals surface area contributed by atoms with E-state index < -0.39 is 52.5 Å². The number of nitrogens with zero attached hydrogens (tertiary/aromatic N) is 8. The number of aryl methyl sites for hydroxylation is 1. The molecule has 0 bridgehead atoms. The molecule has 68 heavy (non-hydrogen) atoms. The van der Waals surface area contributed by atoms with Crippen LogP contribution in [-0.2, 0) is 52.5 Å². The summed E-state index contributed by atoms with van der Waals surface area (Å²) in [6.45, 7) is 1.81. The van der Waals surface area contributed by atoms with Crippen LogP contribution in [0.15, 0.2) is 146 Å². The Hall–Kier alpha value is -7.63. The number of azo groups is 1. The van der Waals surface area contributed by atoms with Crippen molar-refractivity contribution in [2.75, 3.05) is 0 Å². The topological polar surface area (TPSA) is 301 Å². The van der Waals surface area contributed by atoms with Gasteiger partial charge < -0.3 is 4.55 Å². The Labute approximate surface area is 386 Å². The molecule has 0 fully saturated rings. The zero-order chi connectivity index (χ0) is 48.6. The fraction of sp³-hybridized carbons (Fsp3) is 0.0244. The van der Waals surface area contributed by atoms with Crippen molar-refractivity contribution in [3.63, 3.8) is 0 Å². The third-order valence-electron chi connectivity index (χ3n) is 10.8. The summed E-state index contributed by atoms with van der Waals surface area (Å²) in [5.74, 6) is 0. The average Bonchev–Trinajstić information content (AvgIpc) is 4.13. The molecule has 0 saturated carbocycles. The van der Waals surface area contributed by atoms with Crippen LogP contribution in [0.2, 0.25) is 0 Å². The van der Waals surface area contributed by atoms with Crippen molar-refractivity contribution in [3.8, 4) is 11.4 Å². The van der Waals surface area contributed by atoms with Crippen molar-refractivity contribution in [3.05, 3.63) is 138 Å². The van der Waals surface area contributed by atoms with Crippen LogP contribution in [0.4, 0.5) is 11.4 Å². The Morgan fingerprint density at radius 3 is 1.81 bits per heavy atom. The first kappa shape index (κ1) is 45.5. The second-order valence-electron chi connectivity index (χ2n) is 14.8. The lowest BCUT2D eigenvalue weighted by molar-refractivity contribution is 0.481. The Balaban J connectivity index is 0.000000672. The number of hydrogen-bond acceptors (Lipinski definition) is 13. The lowest BCUT2D eigenvalue weighted by Gasteiger charge is -2.06. The Kier molecular flexibility index (Phi) is 11.3. The highest BCUT2D eigenvalue weighted by molar-refractivity contribution is 7.86. The molecule has 7 aromatic carbocycles. The van der Waals surface area contributed by atoms with Gasteiger partial charge in [-0.2, -0.15) is 31.9 Å². The minimum absolute atomic E-state index is 0.0982. The molecule has 0 radical (unpaired) electrons. The molecule has 3 N–H and O–H groups in total. The van der Waals surface area contributed by atoms with E-state index in [-0.39, 0.29) is 14.7 Å². The van der Waals surface area contributed by atoms with Crippen LogP contribution in [0.25, 0.3) is 67.1 Å². The quantitative estimate of drug-likeness (QED) is 0.0608.